The van der Waals surface area contributed by atoms with Crippen LogP contribution >= 0.6 is 0 Å². The van der Waals surface area contributed by atoms with Crippen LogP contribution in [0.1, 0.15) is 31.1 Å². The van der Waals surface area contributed by atoms with Crippen LogP contribution in [0.5, 0.6) is 0 Å². The van der Waals surface area contributed by atoms with Gasteiger partial charge in [0.05, 0.1) is 44.7 Å². The number of aromatic amines is 1. The first-order valence-electron chi connectivity index (χ1n) is 15.6. The van der Waals surface area contributed by atoms with Crippen molar-refractivity contribution in [1.29, 1.82) is 0 Å². The Balaban J connectivity index is 0.000000176. The number of pyridine rings is 1. The molecule has 0 bridgehead atoms. The molecule has 0 amide bonds. The minimum atomic E-state index is -1.16. The van der Waals surface area contributed by atoms with Crippen LogP contribution in [-0.4, -0.2) is 38.2 Å². The Hall–Kier alpha value is -7.40. The molecule has 7 rings (SSSR count). The average molecular weight is 679 g/mol. The molecule has 252 valence electrons. The van der Waals surface area contributed by atoms with Crippen molar-refractivity contribution >= 4 is 73.8 Å². The van der Waals surface area contributed by atoms with Crippen LogP contribution < -0.4 is 21.4 Å². The molecular formula is C40H30N4O7. The van der Waals surface area contributed by atoms with Crippen molar-refractivity contribution in [3.05, 3.63) is 166 Å². The first-order valence-corrected chi connectivity index (χ1v) is 15.6. The number of H-pyrrole nitrogens is 1. The lowest BCUT2D eigenvalue weighted by atomic mass is 10.0. The predicted octanol–water partition coefficient (Wildman–Crippen LogP) is 8.69. The number of aromatic carboxylic acids is 3. The van der Waals surface area contributed by atoms with E-state index in [1.165, 1.54) is 24.3 Å². The van der Waals surface area contributed by atoms with Crippen molar-refractivity contribution in [3.63, 3.8) is 0 Å². The molecule has 0 fully saturated rings. The van der Waals surface area contributed by atoms with E-state index in [-0.39, 0.29) is 33.5 Å². The van der Waals surface area contributed by atoms with E-state index in [0.29, 0.717) is 38.9 Å². The standard InChI is InChI=1S/C20H16N2O4.C20H14N2O3/c23-19(24)15-12-18(22-14-9-5-2-6-10-14)16(20(25)26)11-17(15)21-13-7-3-1-4-8-13;23-19-14-8-4-5-9-15(14)22-17-11-12(20(24)25)10-16(18(17)19)21-13-6-2-1-3-7-13/h1-12,21-22H,(H,23,24)(H,25,26);1-11,21H,(H,22,23)(H,24,25). The number of carbonyl (C=O) groups is 3. The smallest absolute Gasteiger partial charge is 0.337 e. The fourth-order valence-electron chi connectivity index (χ4n) is 5.47. The molecule has 0 aliphatic carbocycles. The van der Waals surface area contributed by atoms with Crippen molar-refractivity contribution < 1.29 is 29.7 Å². The summed E-state index contributed by atoms with van der Waals surface area (Å²) in [6.07, 6.45) is 0. The van der Waals surface area contributed by atoms with Crippen LogP contribution in [0.15, 0.2) is 144 Å². The van der Waals surface area contributed by atoms with Gasteiger partial charge in [-0.2, -0.15) is 0 Å². The number of aromatic nitrogens is 1. The number of rotatable bonds is 9. The van der Waals surface area contributed by atoms with Gasteiger partial charge in [-0.25, -0.2) is 14.4 Å². The summed E-state index contributed by atoms with van der Waals surface area (Å²) in [6, 6.07) is 40.1. The molecule has 0 saturated heterocycles. The molecule has 1 aromatic heterocycles. The Morgan fingerprint density at radius 3 is 1.35 bits per heavy atom. The normalized spacial score (nSPS) is 10.5. The largest absolute Gasteiger partial charge is 0.478 e. The Morgan fingerprint density at radius 1 is 0.471 bits per heavy atom. The van der Waals surface area contributed by atoms with Crippen molar-refractivity contribution in [2.45, 2.75) is 0 Å². The molecule has 6 aromatic carbocycles. The third-order valence-electron chi connectivity index (χ3n) is 7.83. The van der Waals surface area contributed by atoms with E-state index in [4.69, 9.17) is 0 Å². The number of hydrogen-bond donors (Lipinski definition) is 7. The number of benzene rings is 6. The lowest BCUT2D eigenvalue weighted by Gasteiger charge is -2.15. The van der Waals surface area contributed by atoms with Crippen LogP contribution in [-0.2, 0) is 0 Å². The highest BCUT2D eigenvalue weighted by Gasteiger charge is 2.19. The van der Waals surface area contributed by atoms with Crippen molar-refractivity contribution in [1.82, 2.24) is 4.98 Å². The van der Waals surface area contributed by atoms with Crippen molar-refractivity contribution in [2.24, 2.45) is 0 Å². The number of hydrogen-bond acceptors (Lipinski definition) is 7. The quantitative estimate of drug-likeness (QED) is 0.0730. The van der Waals surface area contributed by atoms with Crippen LogP contribution in [0.25, 0.3) is 21.8 Å². The molecule has 0 atom stereocenters. The predicted molar refractivity (Wildman–Crippen MR) is 199 cm³/mol. The van der Waals surface area contributed by atoms with E-state index in [1.54, 1.807) is 66.7 Å². The van der Waals surface area contributed by atoms with Crippen molar-refractivity contribution in [2.75, 3.05) is 16.0 Å². The number of nitrogens with one attached hydrogen (secondary N) is 4. The zero-order valence-electron chi connectivity index (χ0n) is 26.8. The topological polar surface area (TPSA) is 181 Å². The van der Waals surface area contributed by atoms with Crippen LogP contribution in [0, 0.1) is 0 Å². The number of fused-ring (bicyclic) bond motifs is 2. The van der Waals surface area contributed by atoms with E-state index >= 15 is 0 Å². The first-order chi connectivity index (χ1) is 24.7. The van der Waals surface area contributed by atoms with Gasteiger partial charge >= 0.3 is 17.9 Å². The SMILES string of the molecule is O=C(O)c1cc(Nc2ccccc2)c(C(=O)O)cc1Nc1ccccc1.O=C(O)c1cc(Nc2ccccc2)c2c(=O)c3ccccc3[nH]c2c1. The highest BCUT2D eigenvalue weighted by Crippen LogP contribution is 2.31. The maximum atomic E-state index is 13.0. The van der Waals surface area contributed by atoms with Gasteiger partial charge in [-0.3, -0.25) is 4.79 Å². The van der Waals surface area contributed by atoms with Crippen molar-refractivity contribution in [3.8, 4) is 0 Å². The van der Waals surface area contributed by atoms with Gasteiger partial charge in [-0.1, -0.05) is 66.7 Å². The lowest BCUT2D eigenvalue weighted by Crippen LogP contribution is -2.09. The van der Waals surface area contributed by atoms with E-state index in [1.807, 2.05) is 48.5 Å². The third kappa shape index (κ3) is 7.68. The van der Waals surface area contributed by atoms with Gasteiger partial charge in [0.25, 0.3) is 0 Å². The maximum Gasteiger partial charge on any atom is 0.337 e. The van der Waals surface area contributed by atoms with Crippen LogP contribution in [0.4, 0.5) is 34.1 Å². The summed E-state index contributed by atoms with van der Waals surface area (Å²) in [6.45, 7) is 0. The van der Waals surface area contributed by atoms with E-state index in [0.717, 1.165) is 5.69 Å². The van der Waals surface area contributed by atoms with E-state index in [9.17, 15) is 34.5 Å². The molecule has 0 spiro atoms. The highest BCUT2D eigenvalue weighted by molar-refractivity contribution is 6.05. The van der Waals surface area contributed by atoms with Gasteiger partial charge in [-0.15, -0.1) is 0 Å². The number of para-hydroxylation sites is 4. The number of carboxylic acid groups (broad SMARTS) is 3. The highest BCUT2D eigenvalue weighted by atomic mass is 16.4. The first kappa shape index (κ1) is 33.5. The summed E-state index contributed by atoms with van der Waals surface area (Å²) in [5.41, 5.74) is 4.05. The molecule has 0 aliphatic heterocycles. The zero-order chi connectivity index (χ0) is 35.9. The monoisotopic (exact) mass is 678 g/mol. The van der Waals surface area contributed by atoms with E-state index < -0.39 is 17.9 Å². The molecule has 0 aliphatic rings. The fraction of sp³-hybridized carbons (Fsp3) is 0. The summed E-state index contributed by atoms with van der Waals surface area (Å²) in [5.74, 6) is -3.36. The molecule has 0 unspecified atom stereocenters. The summed E-state index contributed by atoms with van der Waals surface area (Å²) < 4.78 is 0. The second kappa shape index (κ2) is 14.8. The average Bonchev–Trinajstić information content (AvgIpc) is 3.13. The summed E-state index contributed by atoms with van der Waals surface area (Å²) in [4.78, 5) is 51.0. The summed E-state index contributed by atoms with van der Waals surface area (Å²) in [5, 5.41) is 38.6. The second-order valence-electron chi connectivity index (χ2n) is 11.3. The summed E-state index contributed by atoms with van der Waals surface area (Å²) >= 11 is 0. The Morgan fingerprint density at radius 2 is 0.902 bits per heavy atom. The third-order valence-corrected chi connectivity index (χ3v) is 7.83. The minimum Gasteiger partial charge on any atom is -0.478 e. The molecule has 1 heterocycles. The van der Waals surface area contributed by atoms with Gasteiger partial charge in [0.1, 0.15) is 0 Å². The number of anilines is 6. The van der Waals surface area contributed by atoms with Gasteiger partial charge in [-0.05, 0) is 72.8 Å². The van der Waals surface area contributed by atoms with Gasteiger partial charge in [0.15, 0.2) is 5.43 Å². The van der Waals surface area contributed by atoms with Gasteiger partial charge in [0.2, 0.25) is 0 Å². The molecular weight excluding hydrogens is 648 g/mol. The Labute approximate surface area is 290 Å². The Bertz CT molecular complexity index is 2370. The molecule has 7 N–H and O–H groups in total. The van der Waals surface area contributed by atoms with E-state index in [2.05, 4.69) is 20.9 Å². The molecule has 51 heavy (non-hydrogen) atoms. The molecule has 0 saturated carbocycles. The second-order valence-corrected chi connectivity index (χ2v) is 11.3. The molecule has 0 radical (unpaired) electrons. The lowest BCUT2D eigenvalue weighted by molar-refractivity contribution is 0.0683. The minimum absolute atomic E-state index is 0.0303. The maximum absolute atomic E-state index is 13.0. The number of carboxylic acids is 3. The van der Waals surface area contributed by atoms with Gasteiger partial charge in [0, 0.05) is 28.0 Å². The van der Waals surface area contributed by atoms with Gasteiger partial charge < -0.3 is 36.3 Å². The molecule has 11 nitrogen and oxygen atoms in total. The molecule has 7 aromatic rings. The van der Waals surface area contributed by atoms with Crippen LogP contribution in [0.3, 0.4) is 0 Å². The van der Waals surface area contributed by atoms with Crippen LogP contribution in [0.2, 0.25) is 0 Å². The molecule has 11 heteroatoms. The summed E-state index contributed by atoms with van der Waals surface area (Å²) in [7, 11) is 0. The fourth-order valence-corrected chi connectivity index (χ4v) is 5.47. The Kier molecular flexibility index (Phi) is 9.72. The zero-order valence-corrected chi connectivity index (χ0v) is 26.8.